The van der Waals surface area contributed by atoms with Crippen molar-refractivity contribution in [2.75, 3.05) is 26.1 Å². The minimum absolute atomic E-state index is 0.111. The Morgan fingerprint density at radius 1 is 1.06 bits per heavy atom. The highest BCUT2D eigenvalue weighted by Gasteiger charge is 2.16. The molecule has 0 aliphatic heterocycles. The van der Waals surface area contributed by atoms with Crippen molar-refractivity contribution in [1.29, 1.82) is 0 Å². The Bertz CT molecular complexity index is 1310. The van der Waals surface area contributed by atoms with Crippen molar-refractivity contribution in [2.24, 2.45) is 0 Å². The summed E-state index contributed by atoms with van der Waals surface area (Å²) in [6.45, 7) is 6.02. The fourth-order valence-corrected chi connectivity index (χ4v) is 4.30. The van der Waals surface area contributed by atoms with Gasteiger partial charge in [0.2, 0.25) is 5.13 Å². The molecule has 0 saturated heterocycles. The highest BCUT2D eigenvalue weighted by Crippen LogP contribution is 2.33. The number of carbonyl (C=O) groups is 1. The maximum absolute atomic E-state index is 12.6. The first kappa shape index (κ1) is 24.3. The zero-order valence-corrected chi connectivity index (χ0v) is 21.2. The third-order valence-corrected chi connectivity index (χ3v) is 6.18. The number of hydrogen-bond acceptors (Lipinski definition) is 7. The molecule has 0 saturated carbocycles. The van der Waals surface area contributed by atoms with Crippen LogP contribution in [0.5, 0.6) is 17.2 Å². The monoisotopic (exact) mass is 492 g/mol. The number of anilines is 1. The van der Waals surface area contributed by atoms with Gasteiger partial charge in [0.15, 0.2) is 18.1 Å². The fourth-order valence-electron chi connectivity index (χ4n) is 3.50. The molecular weight excluding hydrogens is 464 g/mol. The maximum Gasteiger partial charge on any atom is 0.263 e. The zero-order chi connectivity index (χ0) is 24.9. The van der Waals surface area contributed by atoms with Crippen LogP contribution in [0.2, 0.25) is 0 Å². The lowest BCUT2D eigenvalue weighted by Gasteiger charge is -2.10. The molecule has 2 heterocycles. The first-order valence-electron chi connectivity index (χ1n) is 11.2. The molecule has 0 spiro atoms. The van der Waals surface area contributed by atoms with E-state index in [4.69, 9.17) is 19.2 Å². The molecule has 2 aromatic carbocycles. The Morgan fingerprint density at radius 2 is 1.80 bits per heavy atom. The molecular formula is C26H28N4O4S. The van der Waals surface area contributed by atoms with E-state index in [9.17, 15) is 4.79 Å². The molecule has 0 unspecified atom stereocenters. The number of carbonyl (C=O) groups excluding carboxylic acids is 1. The van der Waals surface area contributed by atoms with Crippen LogP contribution < -0.4 is 19.5 Å². The summed E-state index contributed by atoms with van der Waals surface area (Å²) in [5.41, 5.74) is 3.63. The highest BCUT2D eigenvalue weighted by atomic mass is 32.1. The van der Waals surface area contributed by atoms with E-state index in [-0.39, 0.29) is 12.5 Å². The lowest BCUT2D eigenvalue weighted by Crippen LogP contribution is -2.21. The summed E-state index contributed by atoms with van der Waals surface area (Å²) < 4.78 is 18.0. The van der Waals surface area contributed by atoms with Crippen molar-refractivity contribution >= 4 is 23.1 Å². The van der Waals surface area contributed by atoms with Gasteiger partial charge in [0.25, 0.3) is 5.91 Å². The second-order valence-electron chi connectivity index (χ2n) is 8.23. The minimum atomic E-state index is -0.282. The highest BCUT2D eigenvalue weighted by molar-refractivity contribution is 7.12. The summed E-state index contributed by atoms with van der Waals surface area (Å²) >= 11 is 1.42. The predicted molar refractivity (Wildman–Crippen MR) is 137 cm³/mol. The second-order valence-corrected chi connectivity index (χ2v) is 9.06. The normalized spacial score (nSPS) is 10.9. The van der Waals surface area contributed by atoms with Crippen LogP contribution in [0.1, 0.15) is 31.0 Å². The van der Waals surface area contributed by atoms with Gasteiger partial charge in [-0.15, -0.1) is 11.3 Å². The van der Waals surface area contributed by atoms with Gasteiger partial charge in [0, 0.05) is 17.0 Å². The molecule has 8 nitrogen and oxygen atoms in total. The molecule has 1 amide bonds. The molecule has 0 atom stereocenters. The molecule has 0 fully saturated rings. The van der Waals surface area contributed by atoms with Gasteiger partial charge in [-0.1, -0.05) is 26.0 Å². The average Bonchev–Trinajstić information content (AvgIpc) is 3.49. The van der Waals surface area contributed by atoms with Gasteiger partial charge < -0.3 is 19.5 Å². The smallest absolute Gasteiger partial charge is 0.263 e. The Labute approximate surface area is 208 Å². The summed E-state index contributed by atoms with van der Waals surface area (Å²) in [6, 6.07) is 15.2. The molecule has 4 aromatic rings. The van der Waals surface area contributed by atoms with Crippen molar-refractivity contribution in [3.63, 3.8) is 0 Å². The van der Waals surface area contributed by atoms with E-state index < -0.39 is 0 Å². The first-order chi connectivity index (χ1) is 16.9. The number of methoxy groups -OCH3 is 2. The topological polar surface area (TPSA) is 87.5 Å². The van der Waals surface area contributed by atoms with Gasteiger partial charge in [0.1, 0.15) is 11.6 Å². The summed E-state index contributed by atoms with van der Waals surface area (Å²) in [4.78, 5) is 17.3. The lowest BCUT2D eigenvalue weighted by molar-refractivity contribution is -0.118. The van der Waals surface area contributed by atoms with E-state index in [0.29, 0.717) is 34.1 Å². The van der Waals surface area contributed by atoms with Crippen LogP contribution in [0.3, 0.4) is 0 Å². The van der Waals surface area contributed by atoms with Gasteiger partial charge in [-0.05, 0) is 48.7 Å². The maximum atomic E-state index is 12.6. The van der Waals surface area contributed by atoms with Crippen LogP contribution in [0.4, 0.5) is 5.82 Å². The van der Waals surface area contributed by atoms with Crippen molar-refractivity contribution in [3.8, 4) is 33.6 Å². The number of thiazole rings is 1. The van der Waals surface area contributed by atoms with Crippen LogP contribution in [-0.2, 0) is 4.79 Å². The quantitative estimate of drug-likeness (QED) is 0.334. The third-order valence-electron chi connectivity index (χ3n) is 5.37. The number of ether oxygens (including phenoxy) is 3. The number of hydrogen-bond donors (Lipinski definition) is 1. The number of amides is 1. The van der Waals surface area contributed by atoms with Gasteiger partial charge in [0.05, 0.1) is 25.6 Å². The van der Waals surface area contributed by atoms with Crippen molar-refractivity contribution in [2.45, 2.75) is 26.7 Å². The van der Waals surface area contributed by atoms with Gasteiger partial charge in [-0.2, -0.15) is 9.78 Å². The van der Waals surface area contributed by atoms with E-state index in [0.717, 1.165) is 17.0 Å². The largest absolute Gasteiger partial charge is 0.493 e. The number of benzene rings is 2. The van der Waals surface area contributed by atoms with Crippen LogP contribution in [-0.4, -0.2) is 41.5 Å². The van der Waals surface area contributed by atoms with Gasteiger partial charge in [-0.3, -0.25) is 4.79 Å². The fraction of sp³-hybridized carbons (Fsp3) is 0.269. The molecule has 35 heavy (non-hydrogen) atoms. The molecule has 1 N–H and O–H groups in total. The zero-order valence-electron chi connectivity index (χ0n) is 20.4. The summed E-state index contributed by atoms with van der Waals surface area (Å²) in [5, 5.41) is 9.95. The Morgan fingerprint density at radius 3 is 2.49 bits per heavy atom. The number of nitrogens with zero attached hydrogens (tertiary/aromatic N) is 3. The van der Waals surface area contributed by atoms with E-state index >= 15 is 0 Å². The average molecular weight is 493 g/mol. The predicted octanol–water partition coefficient (Wildman–Crippen LogP) is 5.46. The number of nitrogens with one attached hydrogen (secondary N) is 1. The number of aromatic nitrogens is 3. The molecule has 2 aromatic heterocycles. The summed E-state index contributed by atoms with van der Waals surface area (Å²) in [7, 11) is 3.20. The molecule has 0 aliphatic rings. The van der Waals surface area contributed by atoms with Crippen LogP contribution in [0, 0.1) is 6.92 Å². The molecule has 4 rings (SSSR count). The molecule has 0 radical (unpaired) electrons. The molecule has 0 bridgehead atoms. The molecule has 182 valence electrons. The number of aryl methyl sites for hydroxylation is 1. The lowest BCUT2D eigenvalue weighted by atomic mass is 10.0. The summed E-state index contributed by atoms with van der Waals surface area (Å²) in [5.74, 6) is 2.61. The molecule has 9 heteroatoms. The minimum Gasteiger partial charge on any atom is -0.493 e. The Hall–Kier alpha value is -3.85. The van der Waals surface area contributed by atoms with E-state index in [2.05, 4.69) is 24.3 Å². The summed E-state index contributed by atoms with van der Waals surface area (Å²) in [6.07, 6.45) is 0. The van der Waals surface area contributed by atoms with Crippen molar-refractivity contribution in [3.05, 3.63) is 65.2 Å². The van der Waals surface area contributed by atoms with Gasteiger partial charge >= 0.3 is 0 Å². The van der Waals surface area contributed by atoms with Gasteiger partial charge in [-0.25, -0.2) is 4.98 Å². The Balaban J connectivity index is 1.47. The number of rotatable bonds is 9. The van der Waals surface area contributed by atoms with Crippen LogP contribution in [0.15, 0.2) is 53.9 Å². The van der Waals surface area contributed by atoms with E-state index in [1.807, 2.05) is 54.8 Å². The van der Waals surface area contributed by atoms with Crippen molar-refractivity contribution in [1.82, 2.24) is 14.8 Å². The van der Waals surface area contributed by atoms with Crippen LogP contribution >= 0.6 is 11.3 Å². The third kappa shape index (κ3) is 5.63. The first-order valence-corrected chi connectivity index (χ1v) is 12.0. The second kappa shape index (κ2) is 10.6. The Kier molecular flexibility index (Phi) is 7.36. The van der Waals surface area contributed by atoms with Crippen LogP contribution in [0.25, 0.3) is 16.4 Å². The van der Waals surface area contributed by atoms with Crippen molar-refractivity contribution < 1.29 is 19.0 Å². The van der Waals surface area contributed by atoms with E-state index in [1.165, 1.54) is 16.9 Å². The van der Waals surface area contributed by atoms with E-state index in [1.54, 1.807) is 25.0 Å². The molecule has 0 aliphatic carbocycles. The standard InChI is InChI=1S/C26H28N4O4S/c1-16(2)18-6-9-20(10-7-18)34-14-25(31)28-24-12-17(3)29-30(24)26-27-21(15-35-26)19-8-11-22(32-4)23(13-19)33-5/h6-13,15-16H,14H2,1-5H3,(H,28,31). The SMILES string of the molecule is COc1ccc(-c2csc(-n3nc(C)cc3NC(=O)COc3ccc(C(C)C)cc3)n2)cc1OC.